The fourth-order valence-corrected chi connectivity index (χ4v) is 3.47. The minimum absolute atomic E-state index is 0.120. The number of hydrogen-bond donors (Lipinski definition) is 1. The number of aromatic nitrogens is 1. The van der Waals surface area contributed by atoms with E-state index in [9.17, 15) is 9.59 Å². The van der Waals surface area contributed by atoms with E-state index in [-0.39, 0.29) is 18.5 Å². The van der Waals surface area contributed by atoms with Gasteiger partial charge in [-0.1, -0.05) is 43.6 Å². The summed E-state index contributed by atoms with van der Waals surface area (Å²) in [5.74, 6) is 0.0792. The van der Waals surface area contributed by atoms with Gasteiger partial charge in [-0.15, -0.1) is 0 Å². The van der Waals surface area contributed by atoms with E-state index < -0.39 is 5.54 Å². The van der Waals surface area contributed by atoms with E-state index in [1.54, 1.807) is 6.92 Å². The van der Waals surface area contributed by atoms with Crippen LogP contribution >= 0.6 is 11.6 Å². The molecule has 0 spiro atoms. The molecule has 1 aliphatic heterocycles. The van der Waals surface area contributed by atoms with E-state index in [0.717, 1.165) is 10.9 Å². The molecule has 3 rings (SSSR count). The Morgan fingerprint density at radius 2 is 2.00 bits per heavy atom. The van der Waals surface area contributed by atoms with Crippen LogP contribution in [-0.2, 0) is 11.3 Å². The van der Waals surface area contributed by atoms with E-state index in [1.807, 2.05) is 44.2 Å². The topological polar surface area (TPSA) is 62.3 Å². The van der Waals surface area contributed by atoms with Crippen molar-refractivity contribution in [3.05, 3.63) is 41.0 Å². The molecule has 2 aromatic rings. The van der Waals surface area contributed by atoms with Gasteiger partial charge in [0.2, 0.25) is 0 Å². The molecule has 1 atom stereocenters. The van der Waals surface area contributed by atoms with Crippen molar-refractivity contribution < 1.29 is 9.59 Å². The van der Waals surface area contributed by atoms with Crippen LogP contribution in [0.5, 0.6) is 0 Å². The molecule has 126 valence electrons. The van der Waals surface area contributed by atoms with Crippen LogP contribution in [0.1, 0.15) is 32.8 Å². The third kappa shape index (κ3) is 2.96. The number of urea groups is 1. The molecule has 1 aromatic heterocycles. The predicted molar refractivity (Wildman–Crippen MR) is 93.7 cm³/mol. The summed E-state index contributed by atoms with van der Waals surface area (Å²) in [5.41, 5.74) is 0.586. The Hall–Kier alpha value is -2.14. The number of para-hydroxylation sites is 1. The highest BCUT2D eigenvalue weighted by Gasteiger charge is 2.47. The molecule has 1 fully saturated rings. The number of hydrogen-bond acceptors (Lipinski definition) is 3. The average molecular weight is 346 g/mol. The lowest BCUT2D eigenvalue weighted by molar-refractivity contribution is -0.131. The summed E-state index contributed by atoms with van der Waals surface area (Å²) >= 11 is 6.25. The number of nitrogens with zero attached hydrogens (tertiary/aromatic N) is 2. The molecular formula is C18H20ClN3O2. The Bertz CT molecular complexity index is 821. The number of imide groups is 1. The van der Waals surface area contributed by atoms with E-state index in [1.165, 1.54) is 4.90 Å². The van der Waals surface area contributed by atoms with Crippen LogP contribution in [-0.4, -0.2) is 27.4 Å². The van der Waals surface area contributed by atoms with Gasteiger partial charge in [-0.05, 0) is 31.4 Å². The number of nitrogens with one attached hydrogen (secondary N) is 1. The molecule has 3 amide bonds. The maximum Gasteiger partial charge on any atom is 0.325 e. The van der Waals surface area contributed by atoms with Gasteiger partial charge in [-0.25, -0.2) is 9.78 Å². The summed E-state index contributed by atoms with van der Waals surface area (Å²) in [6, 6.07) is 9.10. The molecular weight excluding hydrogens is 326 g/mol. The second-order valence-corrected chi connectivity index (χ2v) is 7.24. The Morgan fingerprint density at radius 1 is 1.29 bits per heavy atom. The van der Waals surface area contributed by atoms with Gasteiger partial charge >= 0.3 is 6.03 Å². The first-order chi connectivity index (χ1) is 11.3. The number of carbonyl (C=O) groups is 2. The second-order valence-electron chi connectivity index (χ2n) is 6.88. The minimum atomic E-state index is -0.859. The van der Waals surface area contributed by atoms with Crippen LogP contribution in [0.15, 0.2) is 30.3 Å². The Kier molecular flexibility index (Phi) is 4.22. The molecule has 24 heavy (non-hydrogen) atoms. The Labute approximate surface area is 146 Å². The van der Waals surface area contributed by atoms with Crippen molar-refractivity contribution in [2.45, 2.75) is 39.3 Å². The Balaban J connectivity index is 1.90. The van der Waals surface area contributed by atoms with Gasteiger partial charge in [0, 0.05) is 10.9 Å². The molecule has 1 saturated heterocycles. The number of amides is 3. The number of carbonyl (C=O) groups excluding carboxylic acids is 2. The van der Waals surface area contributed by atoms with Crippen LogP contribution in [0.2, 0.25) is 5.15 Å². The number of fused-ring (bicyclic) bond motifs is 1. The van der Waals surface area contributed by atoms with Gasteiger partial charge < -0.3 is 5.32 Å². The second kappa shape index (κ2) is 6.06. The lowest BCUT2D eigenvalue weighted by atomic mass is 9.91. The van der Waals surface area contributed by atoms with Crippen molar-refractivity contribution in [2.24, 2.45) is 5.92 Å². The van der Waals surface area contributed by atoms with E-state index in [2.05, 4.69) is 10.3 Å². The summed E-state index contributed by atoms with van der Waals surface area (Å²) in [7, 11) is 0. The van der Waals surface area contributed by atoms with Gasteiger partial charge in [0.15, 0.2) is 0 Å². The van der Waals surface area contributed by atoms with Crippen molar-refractivity contribution in [1.82, 2.24) is 15.2 Å². The highest BCUT2D eigenvalue weighted by atomic mass is 35.5. The number of pyridine rings is 1. The van der Waals surface area contributed by atoms with E-state index >= 15 is 0 Å². The molecule has 1 unspecified atom stereocenters. The molecule has 0 bridgehead atoms. The fourth-order valence-electron chi connectivity index (χ4n) is 3.26. The molecule has 1 N–H and O–H groups in total. The van der Waals surface area contributed by atoms with Crippen LogP contribution in [0.3, 0.4) is 0 Å². The zero-order chi connectivity index (χ0) is 17.5. The molecule has 2 heterocycles. The molecule has 0 aliphatic carbocycles. The van der Waals surface area contributed by atoms with Gasteiger partial charge in [-0.2, -0.15) is 0 Å². The quantitative estimate of drug-likeness (QED) is 0.678. The lowest BCUT2D eigenvalue weighted by Crippen LogP contribution is -2.44. The zero-order valence-corrected chi connectivity index (χ0v) is 14.7. The largest absolute Gasteiger partial charge is 0.325 e. The monoisotopic (exact) mass is 345 g/mol. The summed E-state index contributed by atoms with van der Waals surface area (Å²) < 4.78 is 0. The Morgan fingerprint density at radius 3 is 2.71 bits per heavy atom. The third-order valence-corrected chi connectivity index (χ3v) is 4.57. The fraction of sp³-hybridized carbons (Fsp3) is 0.389. The number of benzene rings is 1. The van der Waals surface area contributed by atoms with Crippen molar-refractivity contribution in [3.8, 4) is 0 Å². The van der Waals surface area contributed by atoms with Crippen molar-refractivity contribution >= 4 is 34.4 Å². The first-order valence-corrected chi connectivity index (χ1v) is 8.36. The van der Waals surface area contributed by atoms with E-state index in [4.69, 9.17) is 11.6 Å². The summed E-state index contributed by atoms with van der Waals surface area (Å²) in [6.07, 6.45) is 0.595. The highest BCUT2D eigenvalue weighted by molar-refractivity contribution is 6.30. The summed E-state index contributed by atoms with van der Waals surface area (Å²) in [4.78, 5) is 30.6. The smallest absolute Gasteiger partial charge is 0.323 e. The third-order valence-electron chi connectivity index (χ3n) is 4.24. The van der Waals surface area contributed by atoms with Gasteiger partial charge in [0.05, 0.1) is 12.1 Å². The summed E-state index contributed by atoms with van der Waals surface area (Å²) in [6.45, 7) is 5.94. The van der Waals surface area contributed by atoms with E-state index in [0.29, 0.717) is 23.1 Å². The first kappa shape index (κ1) is 16.7. The zero-order valence-electron chi connectivity index (χ0n) is 14.0. The van der Waals surface area contributed by atoms with Gasteiger partial charge in [0.25, 0.3) is 5.91 Å². The van der Waals surface area contributed by atoms with Crippen LogP contribution in [0.25, 0.3) is 10.9 Å². The summed E-state index contributed by atoms with van der Waals surface area (Å²) in [5, 5.41) is 4.05. The van der Waals surface area contributed by atoms with Crippen molar-refractivity contribution in [3.63, 3.8) is 0 Å². The van der Waals surface area contributed by atoms with Crippen LogP contribution in [0.4, 0.5) is 4.79 Å². The average Bonchev–Trinajstić information content (AvgIpc) is 2.70. The molecule has 5 nitrogen and oxygen atoms in total. The molecule has 0 radical (unpaired) electrons. The van der Waals surface area contributed by atoms with Crippen molar-refractivity contribution in [1.29, 1.82) is 0 Å². The normalized spacial score (nSPS) is 21.0. The SMILES string of the molecule is CC(C)CC1(C)NC(=O)N(Cc2cc3ccccc3nc2Cl)C1=O. The lowest BCUT2D eigenvalue weighted by Gasteiger charge is -2.23. The van der Waals surface area contributed by atoms with Crippen LogP contribution in [0, 0.1) is 5.92 Å². The first-order valence-electron chi connectivity index (χ1n) is 7.98. The maximum absolute atomic E-state index is 12.7. The predicted octanol–water partition coefficient (Wildman–Crippen LogP) is 3.74. The van der Waals surface area contributed by atoms with Crippen LogP contribution < -0.4 is 5.32 Å². The molecule has 1 aliphatic rings. The standard InChI is InChI=1S/C18H20ClN3O2/c1-11(2)9-18(3)16(23)22(17(24)21-18)10-13-8-12-6-4-5-7-14(12)20-15(13)19/h4-8,11H,9-10H2,1-3H3,(H,21,24). The highest BCUT2D eigenvalue weighted by Crippen LogP contribution is 2.28. The maximum atomic E-state index is 12.7. The molecule has 1 aromatic carbocycles. The minimum Gasteiger partial charge on any atom is -0.323 e. The molecule has 6 heteroatoms. The van der Waals surface area contributed by atoms with Gasteiger partial charge in [0.1, 0.15) is 10.7 Å². The molecule has 0 saturated carbocycles. The number of halogens is 1. The van der Waals surface area contributed by atoms with Crippen molar-refractivity contribution in [2.75, 3.05) is 0 Å². The van der Waals surface area contributed by atoms with Gasteiger partial charge in [-0.3, -0.25) is 9.69 Å². The number of rotatable bonds is 4.